The summed E-state index contributed by atoms with van der Waals surface area (Å²) in [6.45, 7) is 2.02. The van der Waals surface area contributed by atoms with E-state index >= 15 is 0 Å². The molecule has 24 heavy (non-hydrogen) atoms. The highest BCUT2D eigenvalue weighted by Gasteiger charge is 2.31. The van der Waals surface area contributed by atoms with E-state index in [-0.39, 0.29) is 23.6 Å². The van der Waals surface area contributed by atoms with Gasteiger partial charge in [0, 0.05) is 9.92 Å². The number of hydrogen-bond donors (Lipinski definition) is 1. The number of para-hydroxylation sites is 2. The zero-order valence-electron chi connectivity index (χ0n) is 13.2. The Morgan fingerprint density at radius 1 is 1.25 bits per heavy atom. The van der Waals surface area contributed by atoms with Crippen LogP contribution in [0.4, 0.5) is 11.4 Å². The monoisotopic (exact) mass is 360 g/mol. The molecule has 1 atom stereocenters. The topological polar surface area (TPSA) is 49.4 Å². The molecule has 4 nitrogen and oxygen atoms in total. The van der Waals surface area contributed by atoms with E-state index in [4.69, 9.17) is 11.6 Å². The third kappa shape index (κ3) is 3.57. The SMILES string of the molecule is CC[C@H](Sc1ccc(Cl)cc1)C(=O)N1CC(=O)Nc2ccccc21. The second-order valence-electron chi connectivity index (χ2n) is 5.46. The first-order valence-electron chi connectivity index (χ1n) is 7.71. The van der Waals surface area contributed by atoms with Gasteiger partial charge in [0.15, 0.2) is 0 Å². The van der Waals surface area contributed by atoms with E-state index < -0.39 is 0 Å². The molecule has 0 radical (unpaired) electrons. The van der Waals surface area contributed by atoms with Crippen LogP contribution in [-0.4, -0.2) is 23.6 Å². The Kier molecular flexibility index (Phi) is 5.11. The number of anilines is 2. The summed E-state index contributed by atoms with van der Waals surface area (Å²) in [6, 6.07) is 14.8. The summed E-state index contributed by atoms with van der Waals surface area (Å²) in [4.78, 5) is 27.5. The fraction of sp³-hybridized carbons (Fsp3) is 0.222. The Labute approximate surface area is 150 Å². The smallest absolute Gasteiger partial charge is 0.244 e. The van der Waals surface area contributed by atoms with E-state index in [2.05, 4.69) is 5.32 Å². The van der Waals surface area contributed by atoms with Crippen molar-refractivity contribution in [3.63, 3.8) is 0 Å². The molecule has 124 valence electrons. The largest absolute Gasteiger partial charge is 0.323 e. The normalized spacial score (nSPS) is 14.8. The molecule has 0 aromatic heterocycles. The van der Waals surface area contributed by atoms with Crippen LogP contribution >= 0.6 is 23.4 Å². The average molecular weight is 361 g/mol. The van der Waals surface area contributed by atoms with Gasteiger partial charge in [0.25, 0.3) is 0 Å². The minimum atomic E-state index is -0.259. The highest BCUT2D eigenvalue weighted by molar-refractivity contribution is 8.00. The summed E-state index contributed by atoms with van der Waals surface area (Å²) in [5, 5.41) is 3.21. The van der Waals surface area contributed by atoms with Gasteiger partial charge >= 0.3 is 0 Å². The summed E-state index contributed by atoms with van der Waals surface area (Å²) in [5.41, 5.74) is 1.42. The van der Waals surface area contributed by atoms with Gasteiger partial charge in [0.2, 0.25) is 11.8 Å². The summed E-state index contributed by atoms with van der Waals surface area (Å²) in [5.74, 6) is -0.229. The van der Waals surface area contributed by atoms with Crippen molar-refractivity contribution in [3.8, 4) is 0 Å². The van der Waals surface area contributed by atoms with Crippen LogP contribution in [0, 0.1) is 0 Å². The Hall–Kier alpha value is -1.98. The van der Waals surface area contributed by atoms with Gasteiger partial charge in [-0.1, -0.05) is 30.7 Å². The second kappa shape index (κ2) is 7.28. The molecule has 0 bridgehead atoms. The minimum Gasteiger partial charge on any atom is -0.323 e. The Balaban J connectivity index is 1.83. The van der Waals surface area contributed by atoms with Crippen molar-refractivity contribution in [2.45, 2.75) is 23.5 Å². The number of amides is 2. The number of carbonyl (C=O) groups excluding carboxylic acids is 2. The number of rotatable bonds is 4. The predicted octanol–water partition coefficient (Wildman–Crippen LogP) is 4.20. The lowest BCUT2D eigenvalue weighted by Crippen LogP contribution is -2.45. The molecule has 1 aliphatic rings. The van der Waals surface area contributed by atoms with Crippen LogP contribution in [-0.2, 0) is 9.59 Å². The first kappa shape index (κ1) is 16.9. The number of fused-ring (bicyclic) bond motifs is 1. The van der Waals surface area contributed by atoms with E-state index in [0.29, 0.717) is 17.1 Å². The predicted molar refractivity (Wildman–Crippen MR) is 98.8 cm³/mol. The number of thioether (sulfide) groups is 1. The van der Waals surface area contributed by atoms with E-state index in [1.807, 2.05) is 49.4 Å². The van der Waals surface area contributed by atoms with Gasteiger partial charge in [-0.3, -0.25) is 14.5 Å². The third-order valence-electron chi connectivity index (χ3n) is 3.77. The van der Waals surface area contributed by atoms with Crippen LogP contribution in [0.2, 0.25) is 5.02 Å². The van der Waals surface area contributed by atoms with E-state index in [1.54, 1.807) is 11.0 Å². The van der Waals surface area contributed by atoms with Crippen LogP contribution < -0.4 is 10.2 Å². The maximum absolute atomic E-state index is 13.0. The molecule has 0 aliphatic carbocycles. The molecular formula is C18H17ClN2O2S. The molecule has 0 saturated heterocycles. The van der Waals surface area contributed by atoms with Crippen LogP contribution in [0.1, 0.15) is 13.3 Å². The average Bonchev–Trinajstić information content (AvgIpc) is 2.60. The van der Waals surface area contributed by atoms with E-state index in [1.165, 1.54) is 11.8 Å². The Bertz CT molecular complexity index is 764. The summed E-state index contributed by atoms with van der Waals surface area (Å²) in [7, 11) is 0. The van der Waals surface area contributed by atoms with Crippen LogP contribution in [0.5, 0.6) is 0 Å². The molecule has 1 heterocycles. The molecule has 0 spiro atoms. The van der Waals surface area contributed by atoms with Gasteiger partial charge in [0.1, 0.15) is 6.54 Å². The van der Waals surface area contributed by atoms with Gasteiger partial charge in [0.05, 0.1) is 16.6 Å². The van der Waals surface area contributed by atoms with Crippen molar-refractivity contribution in [2.75, 3.05) is 16.8 Å². The molecule has 6 heteroatoms. The maximum Gasteiger partial charge on any atom is 0.244 e. The summed E-state index contributed by atoms with van der Waals surface area (Å²) in [6.07, 6.45) is 0.673. The maximum atomic E-state index is 13.0. The quantitative estimate of drug-likeness (QED) is 0.831. The van der Waals surface area contributed by atoms with Gasteiger partial charge in [-0.15, -0.1) is 11.8 Å². The lowest BCUT2D eigenvalue weighted by Gasteiger charge is -2.31. The number of halogens is 1. The van der Waals surface area contributed by atoms with Crippen molar-refractivity contribution < 1.29 is 9.59 Å². The molecule has 1 N–H and O–H groups in total. The van der Waals surface area contributed by atoms with Crippen molar-refractivity contribution in [1.29, 1.82) is 0 Å². The summed E-state index contributed by atoms with van der Waals surface area (Å²) >= 11 is 7.40. The lowest BCUT2D eigenvalue weighted by atomic mass is 10.1. The zero-order chi connectivity index (χ0) is 17.1. The highest BCUT2D eigenvalue weighted by Crippen LogP contribution is 2.33. The first-order chi connectivity index (χ1) is 11.6. The first-order valence-corrected chi connectivity index (χ1v) is 8.96. The number of carbonyl (C=O) groups is 2. The molecule has 0 unspecified atom stereocenters. The standard InChI is InChI=1S/C18H17ClN2O2S/c1-2-16(24-13-9-7-12(19)8-10-13)18(23)21-11-17(22)20-14-5-3-4-6-15(14)21/h3-10,16H,2,11H2,1H3,(H,20,22)/t16-/m0/s1. The van der Waals surface area contributed by atoms with Crippen LogP contribution in [0.15, 0.2) is 53.4 Å². The number of nitrogens with one attached hydrogen (secondary N) is 1. The number of hydrogen-bond acceptors (Lipinski definition) is 3. The molecule has 1 aliphatic heterocycles. The van der Waals surface area contributed by atoms with Crippen molar-refractivity contribution in [1.82, 2.24) is 0 Å². The Morgan fingerprint density at radius 3 is 2.67 bits per heavy atom. The molecule has 2 amide bonds. The third-order valence-corrected chi connectivity index (χ3v) is 5.39. The van der Waals surface area contributed by atoms with E-state index in [9.17, 15) is 9.59 Å². The Morgan fingerprint density at radius 2 is 1.96 bits per heavy atom. The van der Waals surface area contributed by atoms with Crippen molar-refractivity contribution in [3.05, 3.63) is 53.6 Å². The molecule has 2 aromatic carbocycles. The molecular weight excluding hydrogens is 344 g/mol. The number of benzene rings is 2. The van der Waals surface area contributed by atoms with Crippen LogP contribution in [0.3, 0.4) is 0 Å². The second-order valence-corrected chi connectivity index (χ2v) is 7.17. The fourth-order valence-corrected chi connectivity index (χ4v) is 3.73. The fourth-order valence-electron chi connectivity index (χ4n) is 2.59. The molecule has 0 saturated carbocycles. The highest BCUT2D eigenvalue weighted by atomic mass is 35.5. The van der Waals surface area contributed by atoms with Crippen molar-refractivity contribution in [2.24, 2.45) is 0 Å². The van der Waals surface area contributed by atoms with Gasteiger partial charge in [-0.2, -0.15) is 0 Å². The van der Waals surface area contributed by atoms with Crippen molar-refractivity contribution >= 4 is 46.6 Å². The number of nitrogens with zero attached hydrogens (tertiary/aromatic N) is 1. The molecule has 2 aromatic rings. The zero-order valence-corrected chi connectivity index (χ0v) is 14.7. The van der Waals surface area contributed by atoms with E-state index in [0.717, 1.165) is 10.6 Å². The van der Waals surface area contributed by atoms with Gasteiger partial charge < -0.3 is 5.32 Å². The van der Waals surface area contributed by atoms with Gasteiger partial charge in [-0.05, 0) is 42.8 Å². The molecule has 0 fully saturated rings. The van der Waals surface area contributed by atoms with Crippen LogP contribution in [0.25, 0.3) is 0 Å². The molecule has 3 rings (SSSR count). The lowest BCUT2D eigenvalue weighted by molar-refractivity contribution is -0.121. The minimum absolute atomic E-state index is 0.0491. The summed E-state index contributed by atoms with van der Waals surface area (Å²) < 4.78 is 0. The van der Waals surface area contributed by atoms with Gasteiger partial charge in [-0.25, -0.2) is 0 Å².